The largest absolute Gasteiger partial charge is 0.481 e. The van der Waals surface area contributed by atoms with Crippen molar-refractivity contribution in [2.75, 3.05) is 10.6 Å². The van der Waals surface area contributed by atoms with Gasteiger partial charge in [-0.15, -0.1) is 0 Å². The number of amides is 2. The summed E-state index contributed by atoms with van der Waals surface area (Å²) in [6.07, 6.45) is 2.47. The van der Waals surface area contributed by atoms with Crippen molar-refractivity contribution in [1.29, 1.82) is 0 Å². The molecule has 6 nitrogen and oxygen atoms in total. The predicted molar refractivity (Wildman–Crippen MR) is 87.2 cm³/mol. The molecule has 2 amide bonds. The van der Waals surface area contributed by atoms with Gasteiger partial charge < -0.3 is 15.7 Å². The fraction of sp³-hybridized carbons (Fsp3) is 0.471. The number of carbonyl (C=O) groups is 3. The number of anilines is 2. The summed E-state index contributed by atoms with van der Waals surface area (Å²) in [5.41, 5.74) is 2.14. The number of benzene rings is 1. The number of aliphatic carboxylic acids is 1. The lowest BCUT2D eigenvalue weighted by Gasteiger charge is -2.26. The topological polar surface area (TPSA) is 95.5 Å². The first-order valence-electron chi connectivity index (χ1n) is 7.78. The summed E-state index contributed by atoms with van der Waals surface area (Å²) in [6, 6.07) is 5.31. The van der Waals surface area contributed by atoms with Gasteiger partial charge in [-0.3, -0.25) is 14.4 Å². The second-order valence-corrected chi connectivity index (χ2v) is 6.10. The third-order valence-electron chi connectivity index (χ3n) is 4.21. The van der Waals surface area contributed by atoms with Gasteiger partial charge in [-0.1, -0.05) is 12.5 Å². The van der Waals surface area contributed by atoms with E-state index >= 15 is 0 Å². The van der Waals surface area contributed by atoms with E-state index in [-0.39, 0.29) is 17.7 Å². The molecule has 0 aliphatic heterocycles. The molecule has 1 aliphatic carbocycles. The number of carbonyl (C=O) groups excluding carboxylic acids is 2. The summed E-state index contributed by atoms with van der Waals surface area (Å²) < 4.78 is 0. The van der Waals surface area contributed by atoms with Gasteiger partial charge in [-0.25, -0.2) is 0 Å². The van der Waals surface area contributed by atoms with E-state index in [4.69, 9.17) is 5.11 Å². The summed E-state index contributed by atoms with van der Waals surface area (Å²) in [6.45, 7) is 3.29. The van der Waals surface area contributed by atoms with Crippen molar-refractivity contribution in [2.24, 2.45) is 11.8 Å². The molecule has 2 unspecified atom stereocenters. The van der Waals surface area contributed by atoms with Crippen LogP contribution in [0.25, 0.3) is 0 Å². The minimum absolute atomic E-state index is 0.154. The molecule has 0 bridgehead atoms. The summed E-state index contributed by atoms with van der Waals surface area (Å²) in [5, 5.41) is 14.7. The van der Waals surface area contributed by atoms with Gasteiger partial charge in [0.15, 0.2) is 0 Å². The van der Waals surface area contributed by atoms with Gasteiger partial charge in [-0.2, -0.15) is 0 Å². The molecular weight excluding hydrogens is 296 g/mol. The second kappa shape index (κ2) is 7.26. The number of nitrogens with one attached hydrogen (secondary N) is 2. The van der Waals surface area contributed by atoms with Crippen LogP contribution in [0.3, 0.4) is 0 Å². The van der Waals surface area contributed by atoms with Crippen LogP contribution in [0.15, 0.2) is 18.2 Å². The van der Waals surface area contributed by atoms with Crippen LogP contribution in [-0.4, -0.2) is 22.9 Å². The molecule has 0 aromatic heterocycles. The summed E-state index contributed by atoms with van der Waals surface area (Å²) in [4.78, 5) is 34.7. The lowest BCUT2D eigenvalue weighted by molar-refractivity contribution is -0.143. The number of carboxylic acid groups (broad SMARTS) is 1. The molecule has 2 atom stereocenters. The van der Waals surface area contributed by atoms with Crippen LogP contribution in [0.1, 0.15) is 38.2 Å². The molecule has 0 saturated heterocycles. The maximum absolute atomic E-state index is 12.4. The highest BCUT2D eigenvalue weighted by Crippen LogP contribution is 2.31. The SMILES string of the molecule is CC(=O)Nc1ccc(C)c(NC(=O)C2CCCC(C(=O)O)C2)c1. The van der Waals surface area contributed by atoms with Crippen LogP contribution in [0.2, 0.25) is 0 Å². The quantitative estimate of drug-likeness (QED) is 0.795. The maximum atomic E-state index is 12.4. The Hall–Kier alpha value is -2.37. The van der Waals surface area contributed by atoms with Crippen LogP contribution >= 0.6 is 0 Å². The lowest BCUT2D eigenvalue weighted by Crippen LogP contribution is -2.31. The third kappa shape index (κ3) is 4.55. The number of rotatable bonds is 4. The Morgan fingerprint density at radius 1 is 1.13 bits per heavy atom. The highest BCUT2D eigenvalue weighted by molar-refractivity contribution is 5.95. The van der Waals surface area contributed by atoms with E-state index in [9.17, 15) is 14.4 Å². The van der Waals surface area contributed by atoms with Gasteiger partial charge in [-0.05, 0) is 43.9 Å². The molecule has 1 aromatic carbocycles. The molecule has 0 radical (unpaired) electrons. The standard InChI is InChI=1S/C17H22N2O4/c1-10-6-7-14(18-11(2)20)9-15(10)19-16(21)12-4-3-5-13(8-12)17(22)23/h6-7,9,12-13H,3-5,8H2,1-2H3,(H,18,20)(H,19,21)(H,22,23). The first-order valence-corrected chi connectivity index (χ1v) is 7.78. The van der Waals surface area contributed by atoms with E-state index in [1.165, 1.54) is 6.92 Å². The Morgan fingerprint density at radius 2 is 1.83 bits per heavy atom. The van der Waals surface area contributed by atoms with E-state index in [0.717, 1.165) is 12.0 Å². The lowest BCUT2D eigenvalue weighted by atomic mass is 9.81. The van der Waals surface area contributed by atoms with Crippen LogP contribution < -0.4 is 10.6 Å². The zero-order valence-electron chi connectivity index (χ0n) is 13.4. The van der Waals surface area contributed by atoms with E-state index < -0.39 is 11.9 Å². The number of carboxylic acids is 1. The van der Waals surface area contributed by atoms with Crippen molar-refractivity contribution < 1.29 is 19.5 Å². The van der Waals surface area contributed by atoms with E-state index in [1.807, 2.05) is 13.0 Å². The van der Waals surface area contributed by atoms with E-state index in [0.29, 0.717) is 30.6 Å². The first kappa shape index (κ1) is 17.0. The number of hydrogen-bond acceptors (Lipinski definition) is 3. The fourth-order valence-electron chi connectivity index (χ4n) is 2.92. The molecule has 124 valence electrons. The predicted octanol–water partition coefficient (Wildman–Crippen LogP) is 2.78. The van der Waals surface area contributed by atoms with Crippen LogP contribution in [0.5, 0.6) is 0 Å². The molecule has 2 rings (SSSR count). The minimum Gasteiger partial charge on any atom is -0.481 e. The molecule has 1 saturated carbocycles. The Bertz CT molecular complexity index is 627. The van der Waals surface area contributed by atoms with Gasteiger partial charge in [0.25, 0.3) is 0 Å². The minimum atomic E-state index is -0.827. The zero-order chi connectivity index (χ0) is 17.0. The van der Waals surface area contributed by atoms with Crippen molar-refractivity contribution >= 4 is 29.2 Å². The second-order valence-electron chi connectivity index (χ2n) is 6.10. The number of hydrogen-bond donors (Lipinski definition) is 3. The molecule has 23 heavy (non-hydrogen) atoms. The van der Waals surface area contributed by atoms with Crippen LogP contribution in [0, 0.1) is 18.8 Å². The molecule has 3 N–H and O–H groups in total. The Morgan fingerprint density at radius 3 is 2.48 bits per heavy atom. The van der Waals surface area contributed by atoms with Gasteiger partial charge >= 0.3 is 5.97 Å². The Labute approximate surface area is 135 Å². The van der Waals surface area contributed by atoms with Crippen molar-refractivity contribution in [2.45, 2.75) is 39.5 Å². The normalized spacial score (nSPS) is 20.6. The van der Waals surface area contributed by atoms with Crippen LogP contribution in [0.4, 0.5) is 11.4 Å². The Balaban J connectivity index is 2.07. The summed E-state index contributed by atoms with van der Waals surface area (Å²) in [7, 11) is 0. The van der Waals surface area contributed by atoms with Crippen molar-refractivity contribution in [3.05, 3.63) is 23.8 Å². The molecule has 6 heteroatoms. The highest BCUT2D eigenvalue weighted by Gasteiger charge is 2.31. The average molecular weight is 318 g/mol. The molecule has 0 heterocycles. The monoisotopic (exact) mass is 318 g/mol. The number of aryl methyl sites for hydroxylation is 1. The first-order chi connectivity index (χ1) is 10.9. The van der Waals surface area contributed by atoms with Gasteiger partial charge in [0, 0.05) is 24.2 Å². The molecule has 1 aliphatic rings. The van der Waals surface area contributed by atoms with Crippen molar-refractivity contribution in [3.8, 4) is 0 Å². The fourth-order valence-corrected chi connectivity index (χ4v) is 2.92. The van der Waals surface area contributed by atoms with Gasteiger partial charge in [0.1, 0.15) is 0 Å². The molecule has 0 spiro atoms. The molecule has 1 fully saturated rings. The van der Waals surface area contributed by atoms with Gasteiger partial charge in [0.2, 0.25) is 11.8 Å². The maximum Gasteiger partial charge on any atom is 0.306 e. The summed E-state index contributed by atoms with van der Waals surface area (Å²) in [5.74, 6) is -1.88. The summed E-state index contributed by atoms with van der Waals surface area (Å²) >= 11 is 0. The van der Waals surface area contributed by atoms with Crippen molar-refractivity contribution in [1.82, 2.24) is 0 Å². The third-order valence-corrected chi connectivity index (χ3v) is 4.21. The molecular formula is C17H22N2O4. The van der Waals surface area contributed by atoms with Crippen molar-refractivity contribution in [3.63, 3.8) is 0 Å². The van der Waals surface area contributed by atoms with E-state index in [1.54, 1.807) is 12.1 Å². The molecule has 1 aromatic rings. The average Bonchev–Trinajstić information content (AvgIpc) is 2.50. The Kier molecular flexibility index (Phi) is 5.36. The zero-order valence-corrected chi connectivity index (χ0v) is 13.4. The smallest absolute Gasteiger partial charge is 0.306 e. The highest BCUT2D eigenvalue weighted by atomic mass is 16.4. The van der Waals surface area contributed by atoms with E-state index in [2.05, 4.69) is 10.6 Å². The van der Waals surface area contributed by atoms with Crippen LogP contribution in [-0.2, 0) is 14.4 Å². The van der Waals surface area contributed by atoms with Gasteiger partial charge in [0.05, 0.1) is 5.92 Å².